The first-order chi connectivity index (χ1) is 7.36. The molecule has 1 fully saturated rings. The molecule has 0 bridgehead atoms. The maximum absolute atomic E-state index is 11.5. The van der Waals surface area contributed by atoms with Crippen LogP contribution in [0.3, 0.4) is 0 Å². The molecule has 0 saturated carbocycles. The minimum Gasteiger partial charge on any atom is -0.298 e. The standard InChI is InChI=1S/C10H20N2O3S/c1-4-10(13)9(2)11-5-7-12(8-6-11)16(3,14)15/h9H,4-8H2,1-3H3. The molecule has 1 heterocycles. The molecule has 0 N–H and O–H groups in total. The molecule has 0 amide bonds. The van der Waals surface area contributed by atoms with E-state index >= 15 is 0 Å². The zero-order valence-electron chi connectivity index (χ0n) is 10.1. The van der Waals surface area contributed by atoms with Crippen LogP contribution >= 0.6 is 0 Å². The van der Waals surface area contributed by atoms with Crippen LogP contribution in [0, 0.1) is 0 Å². The molecule has 1 atom stereocenters. The highest BCUT2D eigenvalue weighted by molar-refractivity contribution is 7.88. The molecule has 16 heavy (non-hydrogen) atoms. The number of ketones is 1. The van der Waals surface area contributed by atoms with E-state index in [1.54, 1.807) is 0 Å². The fraction of sp³-hybridized carbons (Fsp3) is 0.900. The summed E-state index contributed by atoms with van der Waals surface area (Å²) < 4.78 is 24.1. The molecule has 0 aromatic rings. The lowest BCUT2D eigenvalue weighted by molar-refractivity contribution is -0.123. The monoisotopic (exact) mass is 248 g/mol. The van der Waals surface area contributed by atoms with Crippen LogP contribution in [0.1, 0.15) is 20.3 Å². The van der Waals surface area contributed by atoms with Crippen LogP contribution in [0.4, 0.5) is 0 Å². The number of hydrogen-bond acceptors (Lipinski definition) is 4. The van der Waals surface area contributed by atoms with Crippen molar-refractivity contribution in [1.29, 1.82) is 0 Å². The van der Waals surface area contributed by atoms with Gasteiger partial charge >= 0.3 is 0 Å². The third-order valence-electron chi connectivity index (χ3n) is 3.10. The first-order valence-corrected chi connectivity index (χ1v) is 7.43. The molecule has 94 valence electrons. The molecule has 5 nitrogen and oxygen atoms in total. The van der Waals surface area contributed by atoms with Crippen LogP contribution in [0.5, 0.6) is 0 Å². The second-order valence-electron chi connectivity index (χ2n) is 4.19. The van der Waals surface area contributed by atoms with Crippen molar-refractivity contribution in [2.75, 3.05) is 32.4 Å². The first-order valence-electron chi connectivity index (χ1n) is 5.58. The van der Waals surface area contributed by atoms with Crippen LogP contribution in [0.15, 0.2) is 0 Å². The zero-order chi connectivity index (χ0) is 12.3. The number of sulfonamides is 1. The predicted molar refractivity (Wildman–Crippen MR) is 62.7 cm³/mol. The quantitative estimate of drug-likeness (QED) is 0.699. The Morgan fingerprint density at radius 2 is 1.75 bits per heavy atom. The van der Waals surface area contributed by atoms with Crippen molar-refractivity contribution in [2.24, 2.45) is 0 Å². The summed E-state index contributed by atoms with van der Waals surface area (Å²) >= 11 is 0. The molecule has 1 saturated heterocycles. The Morgan fingerprint density at radius 1 is 1.25 bits per heavy atom. The number of rotatable bonds is 4. The highest BCUT2D eigenvalue weighted by atomic mass is 32.2. The number of Topliss-reactive ketones (excluding diaryl/α,β-unsaturated/α-hetero) is 1. The van der Waals surface area contributed by atoms with E-state index in [4.69, 9.17) is 0 Å². The van der Waals surface area contributed by atoms with Crippen molar-refractivity contribution >= 4 is 15.8 Å². The van der Waals surface area contributed by atoms with Crippen molar-refractivity contribution < 1.29 is 13.2 Å². The van der Waals surface area contributed by atoms with Gasteiger partial charge in [0.1, 0.15) is 5.78 Å². The second-order valence-corrected chi connectivity index (χ2v) is 6.18. The Hall–Kier alpha value is -0.460. The summed E-state index contributed by atoms with van der Waals surface area (Å²) in [5.41, 5.74) is 0. The molecule has 0 radical (unpaired) electrons. The summed E-state index contributed by atoms with van der Waals surface area (Å²) in [5.74, 6) is 0.216. The lowest BCUT2D eigenvalue weighted by atomic mass is 10.1. The number of piperazine rings is 1. The normalized spacial score (nSPS) is 21.9. The number of carbonyl (C=O) groups excluding carboxylic acids is 1. The highest BCUT2D eigenvalue weighted by Gasteiger charge is 2.27. The van der Waals surface area contributed by atoms with Gasteiger partial charge in [-0.05, 0) is 6.92 Å². The molecular formula is C10H20N2O3S. The molecule has 1 unspecified atom stereocenters. The van der Waals surface area contributed by atoms with Gasteiger partial charge in [0.15, 0.2) is 0 Å². The molecule has 1 rings (SSSR count). The lowest BCUT2D eigenvalue weighted by Crippen LogP contribution is -2.52. The third-order valence-corrected chi connectivity index (χ3v) is 4.41. The molecule has 6 heteroatoms. The number of hydrogen-bond donors (Lipinski definition) is 0. The van der Waals surface area contributed by atoms with E-state index in [2.05, 4.69) is 0 Å². The first kappa shape index (κ1) is 13.6. The Balaban J connectivity index is 2.52. The summed E-state index contributed by atoms with van der Waals surface area (Å²) in [6, 6.07) is -0.0910. The maximum Gasteiger partial charge on any atom is 0.211 e. The van der Waals surface area contributed by atoms with Crippen LogP contribution in [-0.4, -0.2) is 61.9 Å². The van der Waals surface area contributed by atoms with Crippen LogP contribution < -0.4 is 0 Å². The molecular weight excluding hydrogens is 228 g/mol. The van der Waals surface area contributed by atoms with Crippen LogP contribution in [-0.2, 0) is 14.8 Å². The van der Waals surface area contributed by atoms with E-state index in [9.17, 15) is 13.2 Å². The topological polar surface area (TPSA) is 57.7 Å². The minimum absolute atomic E-state index is 0.0910. The lowest BCUT2D eigenvalue weighted by Gasteiger charge is -2.36. The van der Waals surface area contributed by atoms with Gasteiger partial charge in [-0.2, -0.15) is 4.31 Å². The van der Waals surface area contributed by atoms with E-state index in [0.717, 1.165) is 0 Å². The summed E-state index contributed by atoms with van der Waals surface area (Å²) in [6.45, 7) is 5.99. The van der Waals surface area contributed by atoms with E-state index in [0.29, 0.717) is 32.6 Å². The van der Waals surface area contributed by atoms with Gasteiger partial charge < -0.3 is 0 Å². The second kappa shape index (κ2) is 5.25. The minimum atomic E-state index is -3.08. The summed E-state index contributed by atoms with van der Waals surface area (Å²) in [6.07, 6.45) is 1.76. The number of nitrogens with zero attached hydrogens (tertiary/aromatic N) is 2. The van der Waals surface area contributed by atoms with Gasteiger partial charge in [0, 0.05) is 32.6 Å². The predicted octanol–water partition coefficient (Wildman–Crippen LogP) is -0.0688. The SMILES string of the molecule is CCC(=O)C(C)N1CCN(S(C)(=O)=O)CC1. The van der Waals surface area contributed by atoms with Gasteiger partial charge in [-0.25, -0.2) is 8.42 Å². The molecule has 0 aromatic carbocycles. The maximum atomic E-state index is 11.5. The van der Waals surface area contributed by atoms with Gasteiger partial charge in [-0.3, -0.25) is 9.69 Å². The molecule has 1 aliphatic heterocycles. The smallest absolute Gasteiger partial charge is 0.211 e. The average molecular weight is 248 g/mol. The highest BCUT2D eigenvalue weighted by Crippen LogP contribution is 2.10. The summed E-state index contributed by atoms with van der Waals surface area (Å²) in [5, 5.41) is 0. The average Bonchev–Trinajstić information content (AvgIpc) is 2.26. The summed E-state index contributed by atoms with van der Waals surface area (Å²) in [7, 11) is -3.08. The van der Waals surface area contributed by atoms with E-state index < -0.39 is 10.0 Å². The Morgan fingerprint density at radius 3 is 2.12 bits per heavy atom. The third kappa shape index (κ3) is 3.26. The zero-order valence-corrected chi connectivity index (χ0v) is 11.0. The fourth-order valence-electron chi connectivity index (χ4n) is 1.92. The number of carbonyl (C=O) groups is 1. The molecule has 1 aliphatic rings. The Labute approximate surface area is 97.5 Å². The van der Waals surface area contributed by atoms with Gasteiger partial charge in [0.2, 0.25) is 10.0 Å². The van der Waals surface area contributed by atoms with E-state index in [1.165, 1.54) is 10.6 Å². The molecule has 0 aliphatic carbocycles. The van der Waals surface area contributed by atoms with E-state index in [1.807, 2.05) is 18.7 Å². The van der Waals surface area contributed by atoms with Crippen molar-refractivity contribution in [1.82, 2.24) is 9.21 Å². The van der Waals surface area contributed by atoms with Crippen LogP contribution in [0.2, 0.25) is 0 Å². The van der Waals surface area contributed by atoms with Gasteiger partial charge in [0.05, 0.1) is 12.3 Å². The Bertz CT molecular complexity index is 345. The Kier molecular flexibility index (Phi) is 4.46. The van der Waals surface area contributed by atoms with Gasteiger partial charge in [-0.1, -0.05) is 6.92 Å². The fourth-order valence-corrected chi connectivity index (χ4v) is 2.75. The van der Waals surface area contributed by atoms with Crippen LogP contribution in [0.25, 0.3) is 0 Å². The summed E-state index contributed by atoms with van der Waals surface area (Å²) in [4.78, 5) is 13.6. The molecule has 0 spiro atoms. The van der Waals surface area contributed by atoms with Crippen molar-refractivity contribution in [3.8, 4) is 0 Å². The van der Waals surface area contributed by atoms with E-state index in [-0.39, 0.29) is 11.8 Å². The van der Waals surface area contributed by atoms with Crippen molar-refractivity contribution in [3.05, 3.63) is 0 Å². The largest absolute Gasteiger partial charge is 0.298 e. The van der Waals surface area contributed by atoms with Gasteiger partial charge in [-0.15, -0.1) is 0 Å². The molecule has 0 aromatic heterocycles. The van der Waals surface area contributed by atoms with Crippen molar-refractivity contribution in [3.63, 3.8) is 0 Å². The van der Waals surface area contributed by atoms with Gasteiger partial charge in [0.25, 0.3) is 0 Å². The van der Waals surface area contributed by atoms with Crippen molar-refractivity contribution in [2.45, 2.75) is 26.3 Å².